The molecule has 0 bridgehead atoms. The maximum atomic E-state index is 6.03. The summed E-state index contributed by atoms with van der Waals surface area (Å²) in [4.78, 5) is 9.45. The third-order valence-electron chi connectivity index (χ3n) is 5.30. The molecule has 2 N–H and O–H groups in total. The number of nitrogens with zero attached hydrogens (tertiary/aromatic N) is 2. The third kappa shape index (κ3) is 5.63. The lowest BCUT2D eigenvalue weighted by molar-refractivity contribution is 0.226. The van der Waals surface area contributed by atoms with E-state index in [9.17, 15) is 0 Å². The van der Waals surface area contributed by atoms with E-state index in [2.05, 4.69) is 43.0 Å². The van der Waals surface area contributed by atoms with E-state index < -0.39 is 0 Å². The molecule has 2 aliphatic rings. The molecule has 7 heteroatoms. The van der Waals surface area contributed by atoms with Gasteiger partial charge in [0.1, 0.15) is 5.82 Å². The molecule has 5 nitrogen and oxygen atoms in total. The Labute approximate surface area is 171 Å². The third-order valence-corrected chi connectivity index (χ3v) is 7.07. The molecule has 1 aliphatic carbocycles. The Morgan fingerprint density at radius 3 is 3.04 bits per heavy atom. The molecular formula is C20H30N4OSSi. The fraction of sp³-hybridized carbons (Fsp3) is 0.700. The van der Waals surface area contributed by atoms with Crippen molar-refractivity contribution in [3.63, 3.8) is 0 Å². The van der Waals surface area contributed by atoms with Crippen LogP contribution in [0.1, 0.15) is 44.4 Å². The highest BCUT2D eigenvalue weighted by atomic mass is 32.1. The van der Waals surface area contributed by atoms with Gasteiger partial charge in [-0.05, 0) is 56.2 Å². The molecule has 3 rings (SSSR count). The Kier molecular flexibility index (Phi) is 7.45. The van der Waals surface area contributed by atoms with E-state index >= 15 is 0 Å². The van der Waals surface area contributed by atoms with Gasteiger partial charge in [-0.25, -0.2) is 0 Å². The van der Waals surface area contributed by atoms with Crippen LogP contribution in [0.5, 0.6) is 6.01 Å². The predicted molar refractivity (Wildman–Crippen MR) is 115 cm³/mol. The van der Waals surface area contributed by atoms with Crippen molar-refractivity contribution in [2.75, 3.05) is 18.4 Å². The highest BCUT2D eigenvalue weighted by Crippen LogP contribution is 2.31. The normalized spacial score (nSPS) is 23.9. The molecule has 2 radical (unpaired) electrons. The molecule has 2 unspecified atom stereocenters. The van der Waals surface area contributed by atoms with Gasteiger partial charge in [0.25, 0.3) is 0 Å². The molecule has 0 spiro atoms. The highest BCUT2D eigenvalue weighted by molar-refractivity contribution is 7.80. The van der Waals surface area contributed by atoms with E-state index in [4.69, 9.17) is 21.1 Å². The lowest BCUT2D eigenvalue weighted by atomic mass is 9.88. The summed E-state index contributed by atoms with van der Waals surface area (Å²) in [5, 5.41) is 6.98. The van der Waals surface area contributed by atoms with Crippen molar-refractivity contribution in [2.24, 2.45) is 5.92 Å². The van der Waals surface area contributed by atoms with Crippen LogP contribution in [0.3, 0.4) is 0 Å². The van der Waals surface area contributed by atoms with E-state index in [0.717, 1.165) is 65.8 Å². The monoisotopic (exact) mass is 402 g/mol. The fourth-order valence-corrected chi connectivity index (χ4v) is 4.72. The summed E-state index contributed by atoms with van der Waals surface area (Å²) in [5.41, 5.74) is 2.68. The van der Waals surface area contributed by atoms with Gasteiger partial charge < -0.3 is 15.4 Å². The van der Waals surface area contributed by atoms with Crippen molar-refractivity contribution >= 4 is 28.0 Å². The Balaban J connectivity index is 1.74. The van der Waals surface area contributed by atoms with Gasteiger partial charge in [-0.3, -0.25) is 0 Å². The van der Waals surface area contributed by atoms with Gasteiger partial charge in [-0.1, -0.05) is 13.8 Å². The van der Waals surface area contributed by atoms with Gasteiger partial charge in [0.05, 0.1) is 21.3 Å². The number of anilines is 1. The lowest BCUT2D eigenvalue weighted by Crippen LogP contribution is -2.35. The van der Waals surface area contributed by atoms with Crippen LogP contribution in [-0.4, -0.2) is 44.1 Å². The highest BCUT2D eigenvalue weighted by Gasteiger charge is 2.26. The molecule has 4 atom stereocenters. The summed E-state index contributed by atoms with van der Waals surface area (Å²) in [5.74, 6) is 4.31. The summed E-state index contributed by atoms with van der Waals surface area (Å²) >= 11 is 4.64. The van der Waals surface area contributed by atoms with Gasteiger partial charge >= 0.3 is 6.01 Å². The van der Waals surface area contributed by atoms with Crippen molar-refractivity contribution in [2.45, 2.75) is 69.0 Å². The van der Waals surface area contributed by atoms with Crippen molar-refractivity contribution in [3.05, 3.63) is 11.3 Å². The van der Waals surface area contributed by atoms with E-state index in [0.29, 0.717) is 17.5 Å². The van der Waals surface area contributed by atoms with Crippen molar-refractivity contribution in [1.82, 2.24) is 15.3 Å². The van der Waals surface area contributed by atoms with Crippen LogP contribution in [0.15, 0.2) is 0 Å². The largest absolute Gasteiger partial charge is 0.448 e. The molecule has 0 amide bonds. The fourth-order valence-electron chi connectivity index (χ4n) is 3.66. The number of terminal acetylenes is 1. The Hall–Kier alpha value is -1.23. The molecule has 2 heterocycles. The molecule has 1 saturated heterocycles. The number of hydrogen-bond donors (Lipinski definition) is 3. The number of thiol groups is 1. The van der Waals surface area contributed by atoms with Crippen molar-refractivity contribution in [3.8, 4) is 18.4 Å². The summed E-state index contributed by atoms with van der Waals surface area (Å²) in [6.07, 6.45) is 10.8. The zero-order valence-electron chi connectivity index (χ0n) is 16.3. The first kappa shape index (κ1) is 20.5. The Morgan fingerprint density at radius 2 is 2.30 bits per heavy atom. The first-order valence-corrected chi connectivity index (χ1v) is 11.8. The summed E-state index contributed by atoms with van der Waals surface area (Å²) in [7, 11) is 0.766. The standard InChI is InChI=1S/C20H30N4OSSi/c1-4-10-27-14(3)12-22-18-15-8-7-13(2)11-17(15)23-20(24-18)25-19(26)16-6-5-9-21-16/h1,13-14,16,19,21,26H,5-12H2,2-3H3,(H,22,23,24)/t13-,14?,16+,19?/m1/s1. The zero-order valence-corrected chi connectivity index (χ0v) is 18.2. The van der Waals surface area contributed by atoms with Crippen LogP contribution in [0.25, 0.3) is 0 Å². The number of aromatic nitrogens is 2. The minimum absolute atomic E-state index is 0.226. The molecule has 1 aromatic rings. The topological polar surface area (TPSA) is 59.1 Å². The molecule has 0 aromatic carbocycles. The second kappa shape index (κ2) is 9.81. The van der Waals surface area contributed by atoms with Gasteiger partial charge in [0.15, 0.2) is 5.44 Å². The summed E-state index contributed by atoms with van der Waals surface area (Å²) in [6.45, 7) is 6.40. The smallest absolute Gasteiger partial charge is 0.319 e. The van der Waals surface area contributed by atoms with E-state index in [1.807, 2.05) is 0 Å². The molecule has 1 aromatic heterocycles. The number of rotatable bonds is 8. The van der Waals surface area contributed by atoms with Crippen LogP contribution < -0.4 is 15.4 Å². The zero-order chi connectivity index (χ0) is 19.2. The van der Waals surface area contributed by atoms with Gasteiger partial charge in [-0.2, -0.15) is 9.97 Å². The molecule has 146 valence electrons. The van der Waals surface area contributed by atoms with Crippen molar-refractivity contribution in [1.29, 1.82) is 0 Å². The van der Waals surface area contributed by atoms with Crippen LogP contribution in [0.4, 0.5) is 5.82 Å². The van der Waals surface area contributed by atoms with E-state index in [-0.39, 0.29) is 11.5 Å². The van der Waals surface area contributed by atoms with E-state index in [1.54, 1.807) is 0 Å². The van der Waals surface area contributed by atoms with Crippen LogP contribution >= 0.6 is 12.6 Å². The number of hydrogen-bond acceptors (Lipinski definition) is 6. The van der Waals surface area contributed by atoms with Gasteiger partial charge in [0.2, 0.25) is 0 Å². The van der Waals surface area contributed by atoms with Crippen molar-refractivity contribution < 1.29 is 4.74 Å². The number of nitrogens with one attached hydrogen (secondary N) is 2. The minimum atomic E-state index is -0.226. The average Bonchev–Trinajstić information content (AvgIpc) is 3.19. The van der Waals surface area contributed by atoms with Gasteiger partial charge in [-0.15, -0.1) is 25.0 Å². The van der Waals surface area contributed by atoms with Crippen LogP contribution in [0, 0.1) is 18.3 Å². The molecule has 1 aliphatic heterocycles. The van der Waals surface area contributed by atoms with Crippen LogP contribution in [0.2, 0.25) is 11.6 Å². The first-order chi connectivity index (χ1) is 13.1. The second-order valence-electron chi connectivity index (χ2n) is 7.71. The van der Waals surface area contributed by atoms with Crippen LogP contribution in [-0.2, 0) is 12.8 Å². The SMILES string of the molecule is C#CC[Si]C(C)CNc1nc(OC(S)[C@@H]2CCCN2)nc2c1CC[C@@H](C)C2. The molecule has 0 saturated carbocycles. The Morgan fingerprint density at radius 1 is 1.44 bits per heavy atom. The molecular weight excluding hydrogens is 372 g/mol. The maximum Gasteiger partial charge on any atom is 0.319 e. The molecule has 1 fully saturated rings. The Bertz CT molecular complexity index is 675. The summed E-state index contributed by atoms with van der Waals surface area (Å²) < 4.78 is 6.03. The molecule has 27 heavy (non-hydrogen) atoms. The quantitative estimate of drug-likeness (QED) is 0.270. The summed E-state index contributed by atoms with van der Waals surface area (Å²) in [6, 6.07) is 1.54. The maximum absolute atomic E-state index is 6.03. The van der Waals surface area contributed by atoms with Gasteiger partial charge in [0, 0.05) is 12.1 Å². The lowest BCUT2D eigenvalue weighted by Gasteiger charge is -2.25. The average molecular weight is 403 g/mol. The predicted octanol–water partition coefficient (Wildman–Crippen LogP) is 2.96. The first-order valence-electron chi connectivity index (χ1n) is 9.95. The second-order valence-corrected chi connectivity index (χ2v) is 9.96. The number of ether oxygens (including phenoxy) is 1. The van der Waals surface area contributed by atoms with E-state index in [1.165, 1.54) is 12.0 Å². The number of fused-ring (bicyclic) bond motifs is 1. The minimum Gasteiger partial charge on any atom is -0.448 e.